The summed E-state index contributed by atoms with van der Waals surface area (Å²) in [5, 5.41) is 8.91. The van der Waals surface area contributed by atoms with Crippen LogP contribution in [-0.4, -0.2) is 133 Å². The molecule has 0 heterocycles. The molecule has 0 radical (unpaired) electrons. The summed E-state index contributed by atoms with van der Waals surface area (Å²) < 4.78 is 0. The number of amides is 6. The van der Waals surface area contributed by atoms with Gasteiger partial charge >= 0.3 is 0 Å². The molecule has 56 heavy (non-hydrogen) atoms. The highest BCUT2D eigenvalue weighted by Gasteiger charge is 2.44. The Hall–Kier alpha value is -4.00. The van der Waals surface area contributed by atoms with Crippen molar-refractivity contribution in [2.24, 2.45) is 35.5 Å². The van der Waals surface area contributed by atoms with Gasteiger partial charge < -0.3 is 35.6 Å². The molecule has 0 aliphatic rings. The topological polar surface area (TPSA) is 151 Å². The van der Waals surface area contributed by atoms with Crippen molar-refractivity contribution in [1.29, 1.82) is 0 Å². The molecule has 13 heteroatoms. The van der Waals surface area contributed by atoms with Gasteiger partial charge in [-0.1, -0.05) is 113 Å². The second-order valence-corrected chi connectivity index (χ2v) is 17.3. The highest BCUT2D eigenvalue weighted by atomic mass is 16.2. The molecule has 0 aliphatic carbocycles. The lowest BCUT2D eigenvalue weighted by Gasteiger charge is -2.42. The highest BCUT2D eigenvalue weighted by molar-refractivity contribution is 5.97. The summed E-state index contributed by atoms with van der Waals surface area (Å²) in [7, 11) is 7.98. The zero-order valence-electron chi connectivity index (χ0n) is 37.5. The SMILES string of the molecule is CN[C@H](C(=O)N[C@H](C(=O)N(C)[C@H](C(=O)N(C)[C@H](C(=O)N(C)[C@H](C(=O)N(C)[C@H](C(=O)NCCc1ccccc1)C(C)C)C(C)C)C(C)C)C(C)C)C(C)C)C(C)C. The van der Waals surface area contributed by atoms with E-state index in [0.717, 1.165) is 5.56 Å². The van der Waals surface area contributed by atoms with Crippen molar-refractivity contribution in [2.75, 3.05) is 41.8 Å². The van der Waals surface area contributed by atoms with Crippen LogP contribution in [0.1, 0.15) is 88.6 Å². The molecule has 1 rings (SSSR count). The van der Waals surface area contributed by atoms with E-state index in [4.69, 9.17) is 0 Å². The van der Waals surface area contributed by atoms with Gasteiger partial charge in [0.1, 0.15) is 30.2 Å². The number of benzene rings is 1. The minimum atomic E-state index is -0.971. The van der Waals surface area contributed by atoms with Crippen molar-refractivity contribution in [1.82, 2.24) is 35.6 Å². The molecule has 0 fully saturated rings. The Kier molecular flexibility index (Phi) is 20.2. The number of likely N-dealkylation sites (N-methyl/N-ethyl adjacent to an activating group) is 5. The molecule has 0 saturated heterocycles. The second-order valence-electron chi connectivity index (χ2n) is 17.3. The second kappa shape index (κ2) is 22.7. The molecule has 3 N–H and O–H groups in total. The Morgan fingerprint density at radius 3 is 1.18 bits per heavy atom. The van der Waals surface area contributed by atoms with Gasteiger partial charge in [0, 0.05) is 34.7 Å². The average molecular weight is 786 g/mol. The number of hydrogen-bond acceptors (Lipinski definition) is 7. The molecule has 0 saturated carbocycles. The van der Waals surface area contributed by atoms with Gasteiger partial charge in [0.2, 0.25) is 35.4 Å². The van der Waals surface area contributed by atoms with E-state index in [-0.39, 0.29) is 53.2 Å². The van der Waals surface area contributed by atoms with Gasteiger partial charge in [-0.05, 0) is 54.5 Å². The van der Waals surface area contributed by atoms with E-state index in [1.165, 1.54) is 19.6 Å². The lowest BCUT2D eigenvalue weighted by Crippen LogP contribution is -2.63. The fourth-order valence-corrected chi connectivity index (χ4v) is 7.62. The first-order valence-corrected chi connectivity index (χ1v) is 20.3. The van der Waals surface area contributed by atoms with Crippen LogP contribution in [0.3, 0.4) is 0 Å². The fourth-order valence-electron chi connectivity index (χ4n) is 7.62. The van der Waals surface area contributed by atoms with Crippen LogP contribution < -0.4 is 16.0 Å². The summed E-state index contributed by atoms with van der Waals surface area (Å²) in [4.78, 5) is 89.7. The van der Waals surface area contributed by atoms with Crippen LogP contribution in [0.5, 0.6) is 0 Å². The Bertz CT molecular complexity index is 1450. The molecule has 0 aliphatic heterocycles. The molecular weight excluding hydrogens is 711 g/mol. The summed E-state index contributed by atoms with van der Waals surface area (Å²) in [6.07, 6.45) is 0.648. The van der Waals surface area contributed by atoms with Crippen molar-refractivity contribution in [3.05, 3.63) is 35.9 Å². The van der Waals surface area contributed by atoms with Crippen LogP contribution in [0.2, 0.25) is 0 Å². The summed E-state index contributed by atoms with van der Waals surface area (Å²) in [5.74, 6) is -3.73. The fraction of sp³-hybridized carbons (Fsp3) is 0.721. The molecule has 0 unspecified atom stereocenters. The highest BCUT2D eigenvalue weighted by Crippen LogP contribution is 2.24. The molecule has 0 bridgehead atoms. The van der Waals surface area contributed by atoms with Gasteiger partial charge in [-0.15, -0.1) is 0 Å². The van der Waals surface area contributed by atoms with Gasteiger partial charge in [-0.25, -0.2) is 0 Å². The largest absolute Gasteiger partial charge is 0.354 e. The van der Waals surface area contributed by atoms with Crippen molar-refractivity contribution >= 4 is 35.4 Å². The van der Waals surface area contributed by atoms with E-state index in [0.29, 0.717) is 13.0 Å². The van der Waals surface area contributed by atoms with Gasteiger partial charge in [0.05, 0.1) is 6.04 Å². The summed E-state index contributed by atoms with van der Waals surface area (Å²) in [5.41, 5.74) is 1.09. The molecule has 13 nitrogen and oxygen atoms in total. The Balaban J connectivity index is 3.38. The van der Waals surface area contributed by atoms with Crippen LogP contribution in [-0.2, 0) is 35.2 Å². The molecule has 0 spiro atoms. The maximum Gasteiger partial charge on any atom is 0.246 e. The molecule has 6 atom stereocenters. The average Bonchev–Trinajstić information content (AvgIpc) is 3.09. The zero-order chi connectivity index (χ0) is 43.4. The molecule has 1 aromatic rings. The van der Waals surface area contributed by atoms with Crippen molar-refractivity contribution in [3.8, 4) is 0 Å². The van der Waals surface area contributed by atoms with Gasteiger partial charge in [0.25, 0.3) is 0 Å². The third-order valence-corrected chi connectivity index (χ3v) is 10.7. The molecule has 1 aromatic carbocycles. The maximum atomic E-state index is 14.5. The first-order valence-electron chi connectivity index (χ1n) is 20.3. The first-order chi connectivity index (χ1) is 25.9. The van der Waals surface area contributed by atoms with Gasteiger partial charge in [-0.3, -0.25) is 28.8 Å². The zero-order valence-corrected chi connectivity index (χ0v) is 37.5. The minimum absolute atomic E-state index is 0.0137. The predicted octanol–water partition coefficient (Wildman–Crippen LogP) is 3.66. The van der Waals surface area contributed by atoms with Crippen LogP contribution in [0.4, 0.5) is 0 Å². The molecule has 0 aromatic heterocycles. The Morgan fingerprint density at radius 2 is 0.839 bits per heavy atom. The predicted molar refractivity (Wildman–Crippen MR) is 223 cm³/mol. The first kappa shape index (κ1) is 50.0. The summed E-state index contributed by atoms with van der Waals surface area (Å²) >= 11 is 0. The summed E-state index contributed by atoms with van der Waals surface area (Å²) in [6.45, 7) is 22.7. The van der Waals surface area contributed by atoms with Gasteiger partial charge in [0.15, 0.2) is 0 Å². The van der Waals surface area contributed by atoms with E-state index in [2.05, 4.69) is 16.0 Å². The van der Waals surface area contributed by atoms with E-state index < -0.39 is 54.0 Å². The van der Waals surface area contributed by atoms with E-state index in [9.17, 15) is 28.8 Å². The number of nitrogens with one attached hydrogen (secondary N) is 3. The molecular formula is C43H75N7O6. The molecule has 6 amide bonds. The quantitative estimate of drug-likeness (QED) is 0.172. The number of hydrogen-bond donors (Lipinski definition) is 3. The lowest BCUT2D eigenvalue weighted by atomic mass is 9.93. The number of rotatable bonds is 21. The third-order valence-electron chi connectivity index (χ3n) is 10.7. The van der Waals surface area contributed by atoms with E-state index in [1.54, 1.807) is 35.2 Å². The number of carbonyl (C=O) groups excluding carboxylic acids is 6. The molecule has 318 valence electrons. The minimum Gasteiger partial charge on any atom is -0.354 e. The van der Waals surface area contributed by atoms with Crippen molar-refractivity contribution < 1.29 is 28.8 Å². The summed E-state index contributed by atoms with van der Waals surface area (Å²) in [6, 6.07) is 4.82. The van der Waals surface area contributed by atoms with Crippen molar-refractivity contribution in [3.63, 3.8) is 0 Å². The smallest absolute Gasteiger partial charge is 0.246 e. The van der Waals surface area contributed by atoms with Crippen LogP contribution >= 0.6 is 0 Å². The monoisotopic (exact) mass is 786 g/mol. The third kappa shape index (κ3) is 13.0. The lowest BCUT2D eigenvalue weighted by molar-refractivity contribution is -0.157. The standard InChI is InChI=1S/C43H75N7O6/c1-25(2)32(44-13)38(51)46-33(26(3)4)40(53)48(15)35(28(7)8)42(55)50(17)37(30(11)12)43(56)49(16)36(29(9)10)41(54)47(14)34(27(5)6)39(52)45-24-23-31-21-19-18-20-22-31/h18-22,25-30,32-37,44H,23-24H2,1-17H3,(H,45,52)(H,46,51)/t32-,33-,34-,35-,36-,37-/m0/s1. The number of nitrogens with zero attached hydrogens (tertiary/aromatic N) is 4. The van der Waals surface area contributed by atoms with Gasteiger partial charge in [-0.2, -0.15) is 0 Å². The van der Waals surface area contributed by atoms with E-state index in [1.807, 2.05) is 113 Å². The van der Waals surface area contributed by atoms with Crippen LogP contribution in [0.25, 0.3) is 0 Å². The Morgan fingerprint density at radius 1 is 0.482 bits per heavy atom. The van der Waals surface area contributed by atoms with E-state index >= 15 is 0 Å². The Labute approximate surface area is 338 Å². The van der Waals surface area contributed by atoms with Crippen molar-refractivity contribution in [2.45, 2.75) is 126 Å². The normalized spacial score (nSPS) is 15.0. The maximum absolute atomic E-state index is 14.5. The number of carbonyl (C=O) groups is 6. The van der Waals surface area contributed by atoms with Crippen LogP contribution in [0, 0.1) is 35.5 Å². The van der Waals surface area contributed by atoms with Crippen LogP contribution in [0.15, 0.2) is 30.3 Å².